The summed E-state index contributed by atoms with van der Waals surface area (Å²) in [4.78, 5) is 0. The van der Waals surface area contributed by atoms with Crippen LogP contribution in [0.15, 0.2) is 23.3 Å². The predicted octanol–water partition coefficient (Wildman–Crippen LogP) is 3.01. The second-order valence-corrected chi connectivity index (χ2v) is 3.24. The highest BCUT2D eigenvalue weighted by atomic mass is 19.1. The van der Waals surface area contributed by atoms with E-state index in [1.165, 1.54) is 0 Å². The molecule has 0 heterocycles. The zero-order valence-electron chi connectivity index (χ0n) is 6.74. The van der Waals surface area contributed by atoms with Crippen LogP contribution in [0, 0.1) is 0 Å². The van der Waals surface area contributed by atoms with Gasteiger partial charge in [-0.3, -0.25) is 0 Å². The minimum atomic E-state index is -1.10. The van der Waals surface area contributed by atoms with Crippen molar-refractivity contribution in [1.82, 2.24) is 0 Å². The zero-order chi connectivity index (χ0) is 7.78. The van der Waals surface area contributed by atoms with Crippen LogP contribution in [-0.4, -0.2) is 5.67 Å². The smallest absolute Gasteiger partial charge is 0.133 e. The van der Waals surface area contributed by atoms with Gasteiger partial charge in [0.25, 0.3) is 0 Å². The number of rotatable bonds is 0. The molecule has 0 N–H and O–H groups in total. The Morgan fingerprint density at radius 3 is 2.40 bits per heavy atom. The van der Waals surface area contributed by atoms with Gasteiger partial charge >= 0.3 is 0 Å². The molecular weight excluding hydrogens is 127 g/mol. The molecule has 0 radical (unpaired) electrons. The fourth-order valence-electron chi connectivity index (χ4n) is 1.16. The number of allylic oxidation sites excluding steroid dienone is 4. The second-order valence-electron chi connectivity index (χ2n) is 3.24. The van der Waals surface area contributed by atoms with Gasteiger partial charge in [-0.15, -0.1) is 0 Å². The number of halogens is 1. The predicted molar refractivity (Wildman–Crippen MR) is 41.6 cm³/mol. The molecule has 0 saturated carbocycles. The van der Waals surface area contributed by atoms with Gasteiger partial charge in [-0.1, -0.05) is 17.7 Å². The van der Waals surface area contributed by atoms with Gasteiger partial charge < -0.3 is 0 Å². The molecule has 0 bridgehead atoms. The third-order valence-electron chi connectivity index (χ3n) is 2.05. The fraction of sp³-hybridized carbons (Fsp3) is 0.556. The molecule has 10 heavy (non-hydrogen) atoms. The molecule has 0 unspecified atom stereocenters. The van der Waals surface area contributed by atoms with Gasteiger partial charge in [0.1, 0.15) is 5.67 Å². The van der Waals surface area contributed by atoms with Crippen LogP contribution in [0.25, 0.3) is 0 Å². The maximum atomic E-state index is 13.4. The van der Waals surface area contributed by atoms with Gasteiger partial charge in [0, 0.05) is 6.42 Å². The zero-order valence-corrected chi connectivity index (χ0v) is 6.74. The van der Waals surface area contributed by atoms with Crippen LogP contribution in [0.3, 0.4) is 0 Å². The second kappa shape index (κ2) is 2.22. The summed E-state index contributed by atoms with van der Waals surface area (Å²) in [6.07, 6.45) is 4.39. The van der Waals surface area contributed by atoms with Crippen LogP contribution < -0.4 is 0 Å². The molecule has 0 nitrogen and oxygen atoms in total. The summed E-state index contributed by atoms with van der Waals surface area (Å²) in [6.45, 7) is 5.43. The highest BCUT2D eigenvalue weighted by Crippen LogP contribution is 2.31. The van der Waals surface area contributed by atoms with Gasteiger partial charge in [0.15, 0.2) is 0 Å². The summed E-state index contributed by atoms with van der Waals surface area (Å²) < 4.78 is 13.4. The summed E-state index contributed by atoms with van der Waals surface area (Å²) in [5, 5.41) is 0. The summed E-state index contributed by atoms with van der Waals surface area (Å²) in [6, 6.07) is 0. The molecular formula is C9H13F. The first-order valence-corrected chi connectivity index (χ1v) is 3.56. The Kier molecular flexibility index (Phi) is 1.67. The van der Waals surface area contributed by atoms with Crippen molar-refractivity contribution in [3.8, 4) is 0 Å². The minimum absolute atomic E-state index is 0.551. The maximum Gasteiger partial charge on any atom is 0.133 e. The van der Waals surface area contributed by atoms with Crippen molar-refractivity contribution in [2.75, 3.05) is 0 Å². The van der Waals surface area contributed by atoms with Crippen LogP contribution in [0.4, 0.5) is 4.39 Å². The van der Waals surface area contributed by atoms with Crippen molar-refractivity contribution in [2.24, 2.45) is 0 Å². The molecule has 0 aliphatic heterocycles. The first-order chi connectivity index (χ1) is 4.52. The summed E-state index contributed by atoms with van der Waals surface area (Å²) >= 11 is 0. The van der Waals surface area contributed by atoms with E-state index in [4.69, 9.17) is 0 Å². The average Bonchev–Trinajstić information content (AvgIpc) is 1.78. The molecule has 0 aromatic heterocycles. The molecule has 1 rings (SSSR count). The first kappa shape index (κ1) is 7.52. The monoisotopic (exact) mass is 140 g/mol. The van der Waals surface area contributed by atoms with E-state index in [1.54, 1.807) is 6.92 Å². The topological polar surface area (TPSA) is 0 Å². The van der Waals surface area contributed by atoms with Crippen molar-refractivity contribution in [1.29, 1.82) is 0 Å². The quantitative estimate of drug-likeness (QED) is 0.485. The molecule has 0 amide bonds. The molecule has 1 atom stereocenters. The van der Waals surface area contributed by atoms with E-state index < -0.39 is 5.67 Å². The summed E-state index contributed by atoms with van der Waals surface area (Å²) in [5.41, 5.74) is 0.854. The van der Waals surface area contributed by atoms with Crippen LogP contribution in [-0.2, 0) is 0 Å². The van der Waals surface area contributed by atoms with E-state index in [9.17, 15) is 4.39 Å². The van der Waals surface area contributed by atoms with Gasteiger partial charge in [0.05, 0.1) is 0 Å². The lowest BCUT2D eigenvalue weighted by molar-refractivity contribution is 0.236. The minimum Gasteiger partial charge on any atom is -0.239 e. The normalized spacial score (nSPS) is 33.2. The highest BCUT2D eigenvalue weighted by Gasteiger charge is 2.27. The molecule has 0 spiro atoms. The van der Waals surface area contributed by atoms with E-state index >= 15 is 0 Å². The standard InChI is InChI=1S/C9H13F/c1-7-4-5-8(2)9(3,10)6-7/h4-5H,6H2,1-3H3/t9-/m0/s1. The Morgan fingerprint density at radius 1 is 1.40 bits per heavy atom. The molecule has 1 aliphatic rings. The van der Waals surface area contributed by atoms with Gasteiger partial charge in [-0.25, -0.2) is 4.39 Å². The lowest BCUT2D eigenvalue weighted by Gasteiger charge is -2.24. The molecule has 0 aromatic carbocycles. The van der Waals surface area contributed by atoms with Crippen LogP contribution in [0.2, 0.25) is 0 Å². The average molecular weight is 140 g/mol. The van der Waals surface area contributed by atoms with Crippen molar-refractivity contribution < 1.29 is 4.39 Å². The molecule has 1 aliphatic carbocycles. The fourth-order valence-corrected chi connectivity index (χ4v) is 1.16. The van der Waals surface area contributed by atoms with Crippen LogP contribution >= 0.6 is 0 Å². The summed E-state index contributed by atoms with van der Waals surface area (Å²) in [5.74, 6) is 0. The maximum absolute atomic E-state index is 13.4. The summed E-state index contributed by atoms with van der Waals surface area (Å²) in [7, 11) is 0. The van der Waals surface area contributed by atoms with E-state index in [0.717, 1.165) is 11.1 Å². The number of hydrogen-bond donors (Lipinski definition) is 0. The highest BCUT2D eigenvalue weighted by molar-refractivity contribution is 5.29. The molecule has 0 fully saturated rings. The Balaban J connectivity index is 2.89. The molecule has 0 saturated heterocycles. The molecule has 0 aromatic rings. The van der Waals surface area contributed by atoms with Gasteiger partial charge in [0.2, 0.25) is 0 Å². The molecule has 56 valence electrons. The lowest BCUT2D eigenvalue weighted by Crippen LogP contribution is -2.21. The number of hydrogen-bond acceptors (Lipinski definition) is 0. The first-order valence-electron chi connectivity index (χ1n) is 3.56. The Labute approximate surface area is 61.4 Å². The Hall–Kier alpha value is -0.590. The van der Waals surface area contributed by atoms with Gasteiger partial charge in [-0.05, 0) is 26.3 Å². The van der Waals surface area contributed by atoms with Crippen LogP contribution in [0.1, 0.15) is 27.2 Å². The third kappa shape index (κ3) is 1.28. The van der Waals surface area contributed by atoms with E-state index in [-0.39, 0.29) is 0 Å². The SMILES string of the molecule is CC1=CC=C(C)[C@@](C)(F)C1. The van der Waals surface area contributed by atoms with Crippen molar-refractivity contribution in [2.45, 2.75) is 32.9 Å². The van der Waals surface area contributed by atoms with Crippen LogP contribution in [0.5, 0.6) is 0 Å². The lowest BCUT2D eigenvalue weighted by atomic mass is 9.87. The third-order valence-corrected chi connectivity index (χ3v) is 2.05. The van der Waals surface area contributed by atoms with E-state index in [0.29, 0.717) is 6.42 Å². The van der Waals surface area contributed by atoms with Crippen molar-refractivity contribution in [3.05, 3.63) is 23.3 Å². The van der Waals surface area contributed by atoms with Gasteiger partial charge in [-0.2, -0.15) is 0 Å². The molecule has 1 heteroatoms. The van der Waals surface area contributed by atoms with Crippen molar-refractivity contribution >= 4 is 0 Å². The number of alkyl halides is 1. The van der Waals surface area contributed by atoms with E-state index in [2.05, 4.69) is 0 Å². The Bertz CT molecular complexity index is 197. The Morgan fingerprint density at radius 2 is 2.00 bits per heavy atom. The van der Waals surface area contributed by atoms with Crippen molar-refractivity contribution in [3.63, 3.8) is 0 Å². The largest absolute Gasteiger partial charge is 0.239 e. The van der Waals surface area contributed by atoms with E-state index in [1.807, 2.05) is 26.0 Å².